The molecule has 0 radical (unpaired) electrons. The molecule has 0 unspecified atom stereocenters. The van der Waals surface area contributed by atoms with Crippen LogP contribution in [0.25, 0.3) is 11.3 Å². The summed E-state index contributed by atoms with van der Waals surface area (Å²) >= 11 is 10.8. The van der Waals surface area contributed by atoms with E-state index in [4.69, 9.17) is 28.2 Å². The molecule has 1 aromatic carbocycles. The Morgan fingerprint density at radius 3 is 2.95 bits per heavy atom. The van der Waals surface area contributed by atoms with Gasteiger partial charge in [0.2, 0.25) is 4.77 Å². The van der Waals surface area contributed by atoms with Crippen molar-refractivity contribution in [3.8, 4) is 11.3 Å². The zero-order chi connectivity index (χ0) is 14.8. The van der Waals surface area contributed by atoms with Crippen LogP contribution in [0.4, 0.5) is 4.39 Å². The molecule has 2 aromatic heterocycles. The van der Waals surface area contributed by atoms with E-state index in [1.54, 1.807) is 16.8 Å². The lowest BCUT2D eigenvalue weighted by Crippen LogP contribution is -2.12. The van der Waals surface area contributed by atoms with Crippen LogP contribution < -0.4 is 5.43 Å². The summed E-state index contributed by atoms with van der Waals surface area (Å²) in [5.41, 5.74) is 3.75. The van der Waals surface area contributed by atoms with Crippen molar-refractivity contribution in [2.75, 3.05) is 5.43 Å². The summed E-state index contributed by atoms with van der Waals surface area (Å²) in [4.78, 5) is 0. The van der Waals surface area contributed by atoms with Crippen molar-refractivity contribution in [3.63, 3.8) is 0 Å². The Kier molecular flexibility index (Phi) is 3.76. The highest BCUT2D eigenvalue weighted by molar-refractivity contribution is 7.71. The third-order valence-electron chi connectivity index (χ3n) is 2.84. The summed E-state index contributed by atoms with van der Waals surface area (Å²) in [5.74, 6) is 0.862. The number of furan rings is 1. The van der Waals surface area contributed by atoms with E-state index < -0.39 is 5.82 Å². The maximum absolute atomic E-state index is 13.1. The third kappa shape index (κ3) is 2.98. The normalized spacial score (nSPS) is 10.8. The van der Waals surface area contributed by atoms with Gasteiger partial charge in [-0.05, 0) is 42.5 Å². The number of H-pyrrole nitrogens is 1. The molecule has 0 aliphatic rings. The van der Waals surface area contributed by atoms with E-state index in [9.17, 15) is 4.39 Å². The number of nitrogens with zero attached hydrogens (tertiary/aromatic N) is 2. The van der Waals surface area contributed by atoms with Crippen molar-refractivity contribution < 1.29 is 8.81 Å². The van der Waals surface area contributed by atoms with E-state index in [1.807, 2.05) is 6.07 Å². The maximum atomic E-state index is 13.1. The number of benzene rings is 1. The lowest BCUT2D eigenvalue weighted by Gasteiger charge is -2.03. The van der Waals surface area contributed by atoms with Gasteiger partial charge in [-0.3, -0.25) is 5.10 Å². The standard InChI is InChI=1S/C13H10ClFN4OS/c14-10-5-8(1-3-11(10)15)12-4-2-9(20-12)6-17-19-7-16-18-13(19)21/h1-5,7,17H,6H2,(H,18,21). The number of halogens is 2. The second-order valence-corrected chi connectivity index (χ2v) is 5.06. The van der Waals surface area contributed by atoms with Gasteiger partial charge in [0.1, 0.15) is 23.7 Å². The quantitative estimate of drug-likeness (QED) is 0.718. The molecule has 2 heterocycles. The smallest absolute Gasteiger partial charge is 0.214 e. The minimum Gasteiger partial charge on any atom is -0.459 e. The minimum absolute atomic E-state index is 0.0632. The number of hydrogen-bond donors (Lipinski definition) is 2. The van der Waals surface area contributed by atoms with Crippen LogP contribution in [-0.2, 0) is 6.54 Å². The van der Waals surface area contributed by atoms with E-state index in [1.165, 1.54) is 18.5 Å². The monoisotopic (exact) mass is 324 g/mol. The van der Waals surface area contributed by atoms with Crippen LogP contribution in [0.2, 0.25) is 5.02 Å². The first kappa shape index (κ1) is 13.8. The van der Waals surface area contributed by atoms with Crippen LogP contribution in [0.5, 0.6) is 0 Å². The Labute approximate surface area is 129 Å². The lowest BCUT2D eigenvalue weighted by atomic mass is 10.2. The highest BCUT2D eigenvalue weighted by atomic mass is 35.5. The first-order valence-corrected chi connectivity index (χ1v) is 6.82. The van der Waals surface area contributed by atoms with Gasteiger partial charge in [-0.2, -0.15) is 5.10 Å². The number of hydrogen-bond acceptors (Lipinski definition) is 4. The van der Waals surface area contributed by atoms with E-state index in [0.717, 1.165) is 0 Å². The SMILES string of the molecule is Fc1ccc(-c2ccc(CNn3cn[nH]c3=S)o2)cc1Cl. The molecular weight excluding hydrogens is 315 g/mol. The molecule has 21 heavy (non-hydrogen) atoms. The summed E-state index contributed by atoms with van der Waals surface area (Å²) in [6.07, 6.45) is 1.53. The molecule has 0 spiro atoms. The summed E-state index contributed by atoms with van der Waals surface area (Å²) in [5, 5.41) is 6.49. The van der Waals surface area contributed by atoms with Gasteiger partial charge in [0.25, 0.3) is 0 Å². The molecule has 0 fully saturated rings. The van der Waals surface area contributed by atoms with Crippen LogP contribution in [-0.4, -0.2) is 14.9 Å². The number of aromatic amines is 1. The highest BCUT2D eigenvalue weighted by Crippen LogP contribution is 2.26. The first-order chi connectivity index (χ1) is 10.1. The fraction of sp³-hybridized carbons (Fsp3) is 0.0769. The van der Waals surface area contributed by atoms with Crippen molar-refractivity contribution >= 4 is 23.8 Å². The molecule has 0 saturated carbocycles. The van der Waals surface area contributed by atoms with Gasteiger partial charge < -0.3 is 9.84 Å². The van der Waals surface area contributed by atoms with Crippen molar-refractivity contribution in [2.45, 2.75) is 6.54 Å². The fourth-order valence-electron chi connectivity index (χ4n) is 1.80. The molecule has 0 aliphatic carbocycles. The zero-order valence-corrected chi connectivity index (χ0v) is 12.2. The van der Waals surface area contributed by atoms with Crippen LogP contribution in [0.3, 0.4) is 0 Å². The molecule has 0 bridgehead atoms. The lowest BCUT2D eigenvalue weighted by molar-refractivity contribution is 0.522. The maximum Gasteiger partial charge on any atom is 0.214 e. The Morgan fingerprint density at radius 2 is 2.24 bits per heavy atom. The molecule has 3 aromatic rings. The second kappa shape index (κ2) is 5.71. The second-order valence-electron chi connectivity index (χ2n) is 4.26. The number of nitrogens with one attached hydrogen (secondary N) is 2. The van der Waals surface area contributed by atoms with Gasteiger partial charge in [0, 0.05) is 5.56 Å². The summed E-state index contributed by atoms with van der Waals surface area (Å²) < 4.78 is 20.9. The van der Waals surface area contributed by atoms with Gasteiger partial charge in [-0.25, -0.2) is 9.07 Å². The minimum atomic E-state index is -0.455. The highest BCUT2D eigenvalue weighted by Gasteiger charge is 2.08. The molecular formula is C13H10ClFN4OS. The Morgan fingerprint density at radius 1 is 1.38 bits per heavy atom. The van der Waals surface area contributed by atoms with Crippen LogP contribution in [0.1, 0.15) is 5.76 Å². The predicted octanol–water partition coefficient (Wildman–Crippen LogP) is 3.74. The van der Waals surface area contributed by atoms with E-state index in [-0.39, 0.29) is 5.02 Å². The Balaban J connectivity index is 1.75. The molecule has 0 amide bonds. The largest absolute Gasteiger partial charge is 0.459 e. The molecule has 0 saturated heterocycles. The summed E-state index contributed by atoms with van der Waals surface area (Å²) in [6, 6.07) is 8.07. The van der Waals surface area contributed by atoms with Gasteiger partial charge >= 0.3 is 0 Å². The van der Waals surface area contributed by atoms with Crippen molar-refractivity contribution in [1.82, 2.24) is 14.9 Å². The fourth-order valence-corrected chi connectivity index (χ4v) is 2.15. The van der Waals surface area contributed by atoms with Crippen molar-refractivity contribution in [1.29, 1.82) is 0 Å². The van der Waals surface area contributed by atoms with Gasteiger partial charge in [0.15, 0.2) is 0 Å². The summed E-state index contributed by atoms with van der Waals surface area (Å²) in [6.45, 7) is 0.433. The topological polar surface area (TPSA) is 58.8 Å². The Hall–Kier alpha value is -2.12. The van der Waals surface area contributed by atoms with Crippen molar-refractivity contribution in [2.24, 2.45) is 0 Å². The van der Waals surface area contributed by atoms with Crippen LogP contribution in [0.15, 0.2) is 41.1 Å². The van der Waals surface area contributed by atoms with E-state index >= 15 is 0 Å². The molecule has 0 atom stereocenters. The van der Waals surface area contributed by atoms with Crippen molar-refractivity contribution in [3.05, 3.63) is 58.0 Å². The average molecular weight is 325 g/mol. The summed E-state index contributed by atoms with van der Waals surface area (Å²) in [7, 11) is 0. The van der Waals surface area contributed by atoms with E-state index in [0.29, 0.717) is 28.4 Å². The number of rotatable bonds is 4. The molecule has 5 nitrogen and oxygen atoms in total. The first-order valence-electron chi connectivity index (χ1n) is 6.03. The van der Waals surface area contributed by atoms with Gasteiger partial charge in [-0.1, -0.05) is 11.6 Å². The third-order valence-corrected chi connectivity index (χ3v) is 3.42. The van der Waals surface area contributed by atoms with E-state index in [2.05, 4.69) is 15.6 Å². The number of aromatic nitrogens is 3. The van der Waals surface area contributed by atoms with Crippen LogP contribution in [0, 0.1) is 10.6 Å². The molecule has 8 heteroatoms. The van der Waals surface area contributed by atoms with Gasteiger partial charge in [0.05, 0.1) is 11.6 Å². The van der Waals surface area contributed by atoms with Gasteiger partial charge in [-0.15, -0.1) is 0 Å². The van der Waals surface area contributed by atoms with Crippen LogP contribution >= 0.6 is 23.8 Å². The molecule has 2 N–H and O–H groups in total. The average Bonchev–Trinajstić information content (AvgIpc) is 3.09. The predicted molar refractivity (Wildman–Crippen MR) is 79.6 cm³/mol. The Bertz CT molecular complexity index is 825. The molecule has 0 aliphatic heterocycles. The molecule has 3 rings (SSSR count). The molecule has 108 valence electrons. The zero-order valence-electron chi connectivity index (χ0n) is 10.6.